The van der Waals surface area contributed by atoms with Crippen LogP contribution < -0.4 is 0 Å². The standard InChI is InChI=1S/C12H8BIN/c14-13-15-11-7-3-1-5-9(11)10-6-2-4-8-12(10)15/h1-8H. The van der Waals surface area contributed by atoms with Crippen LogP contribution in [-0.4, -0.2) is 9.75 Å². The molecule has 3 rings (SSSR count). The van der Waals surface area contributed by atoms with Gasteiger partial charge in [-0.05, 0) is 12.1 Å². The molecule has 15 heavy (non-hydrogen) atoms. The predicted octanol–water partition coefficient (Wildman–Crippen LogP) is 3.61. The zero-order chi connectivity index (χ0) is 10.3. The van der Waals surface area contributed by atoms with E-state index in [9.17, 15) is 0 Å². The highest BCUT2D eigenvalue weighted by Crippen LogP contribution is 2.27. The van der Waals surface area contributed by atoms with Crippen LogP contribution in [0.5, 0.6) is 0 Å². The lowest BCUT2D eigenvalue weighted by molar-refractivity contribution is 1.39. The van der Waals surface area contributed by atoms with Crippen LogP contribution in [0.1, 0.15) is 0 Å². The summed E-state index contributed by atoms with van der Waals surface area (Å²) >= 11 is 2.28. The van der Waals surface area contributed by atoms with E-state index >= 15 is 0 Å². The third-order valence-electron chi connectivity index (χ3n) is 2.71. The Labute approximate surface area is 102 Å². The van der Waals surface area contributed by atoms with E-state index in [2.05, 4.69) is 80.7 Å². The van der Waals surface area contributed by atoms with Gasteiger partial charge in [0.15, 0.2) is 0 Å². The van der Waals surface area contributed by atoms with Crippen LogP contribution in [0.2, 0.25) is 0 Å². The normalized spacial score (nSPS) is 11.0. The maximum absolute atomic E-state index is 2.28. The molecule has 0 bridgehead atoms. The Balaban J connectivity index is 2.62. The molecule has 0 N–H and O–H groups in total. The first-order chi connectivity index (χ1) is 7.42. The van der Waals surface area contributed by atoms with E-state index in [0.717, 1.165) is 0 Å². The molecule has 1 radical (unpaired) electrons. The van der Waals surface area contributed by atoms with E-state index < -0.39 is 0 Å². The van der Waals surface area contributed by atoms with Gasteiger partial charge >= 0.3 is 5.27 Å². The van der Waals surface area contributed by atoms with Crippen LogP contribution >= 0.6 is 22.4 Å². The Hall–Kier alpha value is -0.965. The summed E-state index contributed by atoms with van der Waals surface area (Å²) < 4.78 is 2.23. The van der Waals surface area contributed by atoms with Crippen LogP contribution in [0.25, 0.3) is 21.8 Å². The van der Waals surface area contributed by atoms with Crippen molar-refractivity contribution in [2.75, 3.05) is 0 Å². The second-order valence-electron chi connectivity index (χ2n) is 3.50. The molecule has 3 heteroatoms. The van der Waals surface area contributed by atoms with Crippen molar-refractivity contribution in [3.63, 3.8) is 0 Å². The molecule has 1 aromatic heterocycles. The van der Waals surface area contributed by atoms with Crippen LogP contribution in [0.3, 0.4) is 0 Å². The van der Waals surface area contributed by atoms with Gasteiger partial charge in [-0.2, -0.15) is 0 Å². The van der Waals surface area contributed by atoms with Crippen molar-refractivity contribution in [3.8, 4) is 0 Å². The minimum atomic E-state index is 1.27. The van der Waals surface area contributed by atoms with Crippen LogP contribution in [0, 0.1) is 0 Å². The molecule has 71 valence electrons. The number of fused-ring (bicyclic) bond motifs is 3. The van der Waals surface area contributed by atoms with Crippen molar-refractivity contribution >= 4 is 49.5 Å². The molecule has 0 saturated heterocycles. The lowest BCUT2D eigenvalue weighted by atomic mass is 10.2. The Bertz CT molecular complexity index is 576. The number of aromatic nitrogens is 1. The maximum Gasteiger partial charge on any atom is 0.336 e. The third kappa shape index (κ3) is 1.29. The summed E-state index contributed by atoms with van der Waals surface area (Å²) in [5.74, 6) is 0. The largest absolute Gasteiger partial charge is 0.379 e. The van der Waals surface area contributed by atoms with Gasteiger partial charge in [-0.25, -0.2) is 0 Å². The number of benzene rings is 2. The summed E-state index contributed by atoms with van der Waals surface area (Å²) in [5, 5.41) is 4.73. The second kappa shape index (κ2) is 3.56. The molecule has 0 atom stereocenters. The number of para-hydroxylation sites is 2. The Kier molecular flexibility index (Phi) is 2.20. The highest BCUT2D eigenvalue weighted by atomic mass is 127. The zero-order valence-electron chi connectivity index (χ0n) is 8.02. The van der Waals surface area contributed by atoms with Gasteiger partial charge in [0, 0.05) is 21.8 Å². The van der Waals surface area contributed by atoms with Crippen molar-refractivity contribution in [1.29, 1.82) is 0 Å². The maximum atomic E-state index is 2.28. The van der Waals surface area contributed by atoms with Crippen molar-refractivity contribution in [1.82, 2.24) is 4.48 Å². The van der Waals surface area contributed by atoms with Gasteiger partial charge in [0.05, 0.1) is 0 Å². The Morgan fingerprint density at radius 3 is 1.73 bits per heavy atom. The summed E-state index contributed by atoms with van der Waals surface area (Å²) in [6.07, 6.45) is 0. The van der Waals surface area contributed by atoms with Crippen molar-refractivity contribution in [3.05, 3.63) is 48.5 Å². The van der Waals surface area contributed by atoms with Gasteiger partial charge < -0.3 is 4.48 Å². The van der Waals surface area contributed by atoms with E-state index in [1.807, 2.05) is 0 Å². The predicted molar refractivity (Wildman–Crippen MR) is 74.6 cm³/mol. The molecular weight excluding hydrogens is 296 g/mol. The smallest absolute Gasteiger partial charge is 0.336 e. The first kappa shape index (κ1) is 9.27. The molecule has 0 aliphatic carbocycles. The monoisotopic (exact) mass is 304 g/mol. The minimum Gasteiger partial charge on any atom is -0.379 e. The first-order valence-corrected chi connectivity index (χ1v) is 6.07. The van der Waals surface area contributed by atoms with Gasteiger partial charge in [-0.15, -0.1) is 22.4 Å². The Morgan fingerprint density at radius 1 is 0.800 bits per heavy atom. The molecule has 0 saturated carbocycles. The molecule has 2 aromatic carbocycles. The van der Waals surface area contributed by atoms with E-state index in [-0.39, 0.29) is 0 Å². The van der Waals surface area contributed by atoms with Gasteiger partial charge in [-0.3, -0.25) is 0 Å². The molecule has 0 unspecified atom stereocenters. The lowest BCUT2D eigenvalue weighted by Crippen LogP contribution is -1.96. The number of hydrogen-bond donors (Lipinski definition) is 0. The quantitative estimate of drug-likeness (QED) is 0.478. The number of halogens is 1. The van der Waals surface area contributed by atoms with E-state index in [0.29, 0.717) is 0 Å². The van der Waals surface area contributed by atoms with E-state index in [1.165, 1.54) is 21.8 Å². The SMILES string of the molecule is I[B]n1c2ccccc2c2ccccc21. The highest BCUT2D eigenvalue weighted by Gasteiger charge is 2.07. The summed E-state index contributed by atoms with van der Waals surface area (Å²) in [4.78, 5) is 0. The average molecular weight is 304 g/mol. The third-order valence-corrected chi connectivity index (χ3v) is 3.27. The molecule has 0 aliphatic heterocycles. The fraction of sp³-hybridized carbons (Fsp3) is 0. The second-order valence-corrected chi connectivity index (χ2v) is 4.06. The minimum absolute atomic E-state index is 1.27. The zero-order valence-corrected chi connectivity index (χ0v) is 10.2. The molecule has 0 spiro atoms. The summed E-state index contributed by atoms with van der Waals surface area (Å²) in [5.41, 5.74) is 2.54. The Morgan fingerprint density at radius 2 is 1.27 bits per heavy atom. The number of nitrogens with zero attached hydrogens (tertiary/aromatic N) is 1. The van der Waals surface area contributed by atoms with Gasteiger partial charge in [0.2, 0.25) is 0 Å². The molecule has 0 fully saturated rings. The van der Waals surface area contributed by atoms with Crippen molar-refractivity contribution < 1.29 is 0 Å². The van der Waals surface area contributed by atoms with Gasteiger partial charge in [0.1, 0.15) is 0 Å². The highest BCUT2D eigenvalue weighted by molar-refractivity contribution is 14.1. The van der Waals surface area contributed by atoms with Gasteiger partial charge in [-0.1, -0.05) is 36.4 Å². The summed E-state index contributed by atoms with van der Waals surface area (Å²) in [7, 11) is 0. The van der Waals surface area contributed by atoms with Crippen LogP contribution in [0.15, 0.2) is 48.5 Å². The molecule has 1 heterocycles. The van der Waals surface area contributed by atoms with Crippen molar-refractivity contribution in [2.24, 2.45) is 0 Å². The average Bonchev–Trinajstić information content (AvgIpc) is 2.63. The fourth-order valence-electron chi connectivity index (χ4n) is 2.06. The molecule has 1 nitrogen and oxygen atoms in total. The molecule has 3 aromatic rings. The summed E-state index contributed by atoms with van der Waals surface area (Å²) in [6.45, 7) is 0. The summed E-state index contributed by atoms with van der Waals surface area (Å²) in [6, 6.07) is 17.0. The van der Waals surface area contributed by atoms with Crippen LogP contribution in [0.4, 0.5) is 0 Å². The fourth-order valence-corrected chi connectivity index (χ4v) is 2.66. The lowest BCUT2D eigenvalue weighted by Gasteiger charge is -1.99. The molecule has 0 aliphatic rings. The van der Waals surface area contributed by atoms with E-state index in [4.69, 9.17) is 0 Å². The molecular formula is C12H8BIN. The number of rotatable bonds is 1. The van der Waals surface area contributed by atoms with Crippen molar-refractivity contribution in [2.45, 2.75) is 0 Å². The topological polar surface area (TPSA) is 4.93 Å². The van der Waals surface area contributed by atoms with Gasteiger partial charge in [0.25, 0.3) is 0 Å². The first-order valence-electron chi connectivity index (χ1n) is 4.83. The van der Waals surface area contributed by atoms with Crippen LogP contribution in [-0.2, 0) is 0 Å². The molecule has 0 amide bonds. The van der Waals surface area contributed by atoms with E-state index in [1.54, 1.807) is 0 Å². The number of hydrogen-bond acceptors (Lipinski definition) is 0.